The van der Waals surface area contributed by atoms with Crippen molar-refractivity contribution in [3.63, 3.8) is 0 Å². The molecule has 0 atom stereocenters. The highest BCUT2D eigenvalue weighted by atomic mass is 79.9. The van der Waals surface area contributed by atoms with E-state index in [2.05, 4.69) is 15.9 Å². The maximum absolute atomic E-state index is 12.1. The van der Waals surface area contributed by atoms with Crippen LogP contribution in [0, 0.1) is 17.0 Å². The maximum Gasteiger partial charge on any atom is 0.490 e. The van der Waals surface area contributed by atoms with Crippen molar-refractivity contribution < 1.29 is 28.5 Å². The first-order valence-corrected chi connectivity index (χ1v) is 13.4. The third-order valence-electron chi connectivity index (χ3n) is 6.35. The van der Waals surface area contributed by atoms with Gasteiger partial charge in [0.25, 0.3) is 0 Å². The quantitative estimate of drug-likeness (QED) is 0.218. The molecule has 3 rings (SSSR count). The van der Waals surface area contributed by atoms with Crippen molar-refractivity contribution in [1.82, 2.24) is 4.90 Å². The normalized spacial score (nSPS) is 18.5. The van der Waals surface area contributed by atoms with Gasteiger partial charge in [0.1, 0.15) is 5.60 Å². The number of nitro benzene ring substituents is 1. The van der Waals surface area contributed by atoms with Crippen LogP contribution in [0.3, 0.4) is 0 Å². The summed E-state index contributed by atoms with van der Waals surface area (Å²) < 4.78 is 23.6. The van der Waals surface area contributed by atoms with Crippen LogP contribution >= 0.6 is 15.9 Å². The van der Waals surface area contributed by atoms with Crippen LogP contribution in [0.25, 0.3) is 0 Å². The molecule has 2 aliphatic heterocycles. The fourth-order valence-electron chi connectivity index (χ4n) is 3.50. The Morgan fingerprint density at radius 3 is 2.27 bits per heavy atom. The van der Waals surface area contributed by atoms with Crippen LogP contribution in [-0.2, 0) is 14.0 Å². The number of aryl methyl sites for hydroxylation is 1. The van der Waals surface area contributed by atoms with E-state index < -0.39 is 10.5 Å². The van der Waals surface area contributed by atoms with Crippen molar-refractivity contribution in [3.8, 4) is 5.75 Å². The lowest BCUT2D eigenvalue weighted by Crippen LogP contribution is -2.41. The highest BCUT2D eigenvalue weighted by Gasteiger charge is 2.52. The average Bonchev–Trinajstić information content (AvgIpc) is 3.00. The zero-order valence-corrected chi connectivity index (χ0v) is 25.1. The lowest BCUT2D eigenvalue weighted by molar-refractivity contribution is -0.385. The SMILES string of the molecule is CC(C)(C)OC(=O)N1CC=C(B2OC(C)(C)C(C)(C)O2)CC1.CCCOc1cc(Br)c(C)cc1[N+](=O)[O-]. The van der Waals surface area contributed by atoms with Crippen LogP contribution < -0.4 is 4.74 Å². The summed E-state index contributed by atoms with van der Waals surface area (Å²) in [5.41, 5.74) is 0.821. The molecule has 1 aromatic rings. The molecule has 1 aromatic carbocycles. The molecule has 2 heterocycles. The van der Waals surface area contributed by atoms with E-state index in [1.54, 1.807) is 17.9 Å². The topological polar surface area (TPSA) is 100 Å². The van der Waals surface area contributed by atoms with Crippen LogP contribution in [0.15, 0.2) is 28.2 Å². The van der Waals surface area contributed by atoms with Gasteiger partial charge in [0.05, 0.1) is 22.7 Å². The predicted octanol–water partition coefficient (Wildman–Crippen LogP) is 6.64. The molecule has 0 spiro atoms. The molecule has 9 nitrogen and oxygen atoms in total. The van der Waals surface area contributed by atoms with E-state index in [9.17, 15) is 14.9 Å². The molecule has 2 aliphatic rings. The van der Waals surface area contributed by atoms with Crippen molar-refractivity contribution in [2.75, 3.05) is 19.7 Å². The van der Waals surface area contributed by atoms with E-state index in [1.165, 1.54) is 6.07 Å². The number of carbonyl (C=O) groups is 1. The van der Waals surface area contributed by atoms with Gasteiger partial charge in [-0.05, 0) is 79.3 Å². The Balaban J connectivity index is 0.000000281. The maximum atomic E-state index is 12.1. The van der Waals surface area contributed by atoms with E-state index in [0.29, 0.717) is 25.4 Å². The number of nitrogens with zero attached hydrogens (tertiary/aromatic N) is 2. The second-order valence-corrected chi connectivity index (χ2v) is 12.1. The Morgan fingerprint density at radius 1 is 1.22 bits per heavy atom. The molecule has 1 saturated heterocycles. The molecule has 1 fully saturated rings. The summed E-state index contributed by atoms with van der Waals surface area (Å²) in [6.07, 6.45) is 3.32. The lowest BCUT2D eigenvalue weighted by atomic mass is 9.75. The van der Waals surface area contributed by atoms with Crippen LogP contribution in [0.5, 0.6) is 5.75 Å². The van der Waals surface area contributed by atoms with Crippen molar-refractivity contribution >= 4 is 34.8 Å². The molecule has 37 heavy (non-hydrogen) atoms. The molecule has 0 bridgehead atoms. The Morgan fingerprint density at radius 2 is 1.81 bits per heavy atom. The van der Waals surface area contributed by atoms with Crippen LogP contribution in [0.2, 0.25) is 0 Å². The van der Waals surface area contributed by atoms with E-state index in [0.717, 1.165) is 28.4 Å². The number of amides is 1. The summed E-state index contributed by atoms with van der Waals surface area (Å²) in [5.74, 6) is 0.319. The fourth-order valence-corrected chi connectivity index (χ4v) is 3.83. The van der Waals surface area contributed by atoms with Gasteiger partial charge >= 0.3 is 18.9 Å². The summed E-state index contributed by atoms with van der Waals surface area (Å²) in [6.45, 7) is 19.2. The van der Waals surface area contributed by atoms with Crippen molar-refractivity contribution in [3.05, 3.63) is 43.8 Å². The minimum absolute atomic E-state index is 0.0177. The van der Waals surface area contributed by atoms with Crippen LogP contribution in [-0.4, -0.2) is 59.5 Å². The van der Waals surface area contributed by atoms with Gasteiger partial charge in [-0.25, -0.2) is 4.79 Å². The first kappa shape index (κ1) is 31.1. The lowest BCUT2D eigenvalue weighted by Gasteiger charge is -2.32. The van der Waals surface area contributed by atoms with Crippen LogP contribution in [0.1, 0.15) is 73.8 Å². The first-order valence-electron chi connectivity index (χ1n) is 12.6. The smallest absolute Gasteiger partial charge is 0.487 e. The van der Waals surface area contributed by atoms with Gasteiger partial charge in [0.2, 0.25) is 0 Å². The summed E-state index contributed by atoms with van der Waals surface area (Å²) >= 11 is 3.32. The number of hydrogen-bond donors (Lipinski definition) is 0. The van der Waals surface area contributed by atoms with Gasteiger partial charge in [-0.1, -0.05) is 28.9 Å². The van der Waals surface area contributed by atoms with E-state index >= 15 is 0 Å². The van der Waals surface area contributed by atoms with E-state index in [-0.39, 0.29) is 30.1 Å². The Hall–Kier alpha value is -2.11. The Bertz CT molecular complexity index is 1000. The summed E-state index contributed by atoms with van der Waals surface area (Å²) in [4.78, 5) is 24.1. The number of rotatable bonds is 5. The second-order valence-electron chi connectivity index (χ2n) is 11.2. The molecule has 206 valence electrons. The number of ether oxygens (including phenoxy) is 2. The van der Waals surface area contributed by atoms with Gasteiger partial charge in [-0.15, -0.1) is 0 Å². The molecule has 0 saturated carbocycles. The Kier molecular flexibility index (Phi) is 10.2. The molecule has 0 N–H and O–H groups in total. The molecule has 0 unspecified atom stereocenters. The molecular formula is C26H40BBrN2O7. The third-order valence-corrected chi connectivity index (χ3v) is 7.20. The minimum Gasteiger partial charge on any atom is -0.487 e. The molecule has 1 amide bonds. The van der Waals surface area contributed by atoms with E-state index in [1.807, 2.05) is 61.5 Å². The molecule has 0 radical (unpaired) electrons. The fraction of sp³-hybridized carbons (Fsp3) is 0.654. The Labute approximate surface area is 229 Å². The summed E-state index contributed by atoms with van der Waals surface area (Å²) in [6, 6.07) is 3.15. The van der Waals surface area contributed by atoms with Crippen LogP contribution in [0.4, 0.5) is 10.5 Å². The number of carbonyl (C=O) groups excluding carboxylic acids is 1. The second kappa shape index (κ2) is 12.2. The van der Waals surface area contributed by atoms with Crippen molar-refractivity contribution in [1.29, 1.82) is 0 Å². The van der Waals surface area contributed by atoms with Gasteiger partial charge < -0.3 is 23.7 Å². The number of hydrogen-bond acceptors (Lipinski definition) is 7. The summed E-state index contributed by atoms with van der Waals surface area (Å²) in [7, 11) is -0.314. The average molecular weight is 583 g/mol. The molecular weight excluding hydrogens is 543 g/mol. The number of halogens is 1. The molecule has 0 aliphatic carbocycles. The first-order chi connectivity index (χ1) is 17.0. The minimum atomic E-state index is -0.465. The summed E-state index contributed by atoms with van der Waals surface area (Å²) in [5, 5.41) is 10.8. The zero-order valence-electron chi connectivity index (χ0n) is 23.5. The number of benzene rings is 1. The third kappa shape index (κ3) is 8.45. The van der Waals surface area contributed by atoms with Gasteiger partial charge in [-0.3, -0.25) is 10.1 Å². The highest BCUT2D eigenvalue weighted by Crippen LogP contribution is 2.39. The van der Waals surface area contributed by atoms with Gasteiger partial charge in [0.15, 0.2) is 5.75 Å². The van der Waals surface area contributed by atoms with Gasteiger partial charge in [-0.2, -0.15) is 0 Å². The van der Waals surface area contributed by atoms with E-state index in [4.69, 9.17) is 18.8 Å². The standard InChI is InChI=1S/C16H28BNO4.C10H12BrNO3/c1-14(2,3)20-13(19)18-10-8-12(9-11-18)17-21-15(4,5)16(6,7)22-17;1-3-4-15-10-6-8(11)7(2)5-9(10)12(13)14/h8H,9-11H2,1-7H3;5-6H,3-4H2,1-2H3. The number of nitro groups is 1. The molecule has 11 heteroatoms. The van der Waals surface area contributed by atoms with Gasteiger partial charge in [0, 0.05) is 29.7 Å². The highest BCUT2D eigenvalue weighted by molar-refractivity contribution is 9.10. The monoisotopic (exact) mass is 582 g/mol. The molecule has 0 aromatic heterocycles. The largest absolute Gasteiger partial charge is 0.490 e. The predicted molar refractivity (Wildman–Crippen MR) is 148 cm³/mol. The van der Waals surface area contributed by atoms with Crippen molar-refractivity contribution in [2.45, 2.75) is 92.0 Å². The van der Waals surface area contributed by atoms with Crippen molar-refractivity contribution in [2.24, 2.45) is 0 Å². The zero-order chi connectivity index (χ0) is 28.2.